The molecule has 1 fully saturated rings. The fourth-order valence-electron chi connectivity index (χ4n) is 3.13. The van der Waals surface area contributed by atoms with Crippen LogP contribution < -0.4 is 5.32 Å². The maximum absolute atomic E-state index is 12.3. The third-order valence-electron chi connectivity index (χ3n) is 5.07. The lowest BCUT2D eigenvalue weighted by atomic mass is 10.1. The normalized spacial score (nSPS) is 14.4. The molecular formula is C25H25N3O3. The van der Waals surface area contributed by atoms with Gasteiger partial charge in [-0.3, -0.25) is 4.79 Å². The number of nitrogens with zero attached hydrogens (tertiary/aromatic N) is 2. The van der Waals surface area contributed by atoms with Crippen molar-refractivity contribution in [3.8, 4) is 16.9 Å². The van der Waals surface area contributed by atoms with Gasteiger partial charge in [-0.2, -0.15) is 5.10 Å². The Bertz CT molecular complexity index is 1100. The van der Waals surface area contributed by atoms with E-state index in [1.165, 1.54) is 6.08 Å². The van der Waals surface area contributed by atoms with Gasteiger partial charge < -0.3 is 10.1 Å². The van der Waals surface area contributed by atoms with Crippen LogP contribution in [-0.2, 0) is 14.3 Å². The molecule has 1 saturated carbocycles. The lowest BCUT2D eigenvalue weighted by Gasteiger charge is -2.11. The number of para-hydroxylation sites is 1. The molecule has 4 rings (SSSR count). The zero-order valence-corrected chi connectivity index (χ0v) is 17.6. The molecule has 0 aliphatic heterocycles. The molecule has 1 atom stereocenters. The molecule has 0 unspecified atom stereocenters. The SMILES string of the molecule is Cc1ccc(-c2nn(-c3ccccc3)cc2/C=C/C(=O)O[C@H](C)C(=O)NC2CC2)cc1. The molecule has 1 aliphatic carbocycles. The summed E-state index contributed by atoms with van der Waals surface area (Å²) in [5.41, 5.74) is 4.56. The second-order valence-corrected chi connectivity index (χ2v) is 7.77. The third-order valence-corrected chi connectivity index (χ3v) is 5.07. The number of carbonyl (C=O) groups is 2. The smallest absolute Gasteiger partial charge is 0.331 e. The van der Waals surface area contributed by atoms with E-state index < -0.39 is 12.1 Å². The molecule has 158 valence electrons. The van der Waals surface area contributed by atoms with E-state index in [0.29, 0.717) is 0 Å². The number of hydrogen-bond donors (Lipinski definition) is 1. The summed E-state index contributed by atoms with van der Waals surface area (Å²) < 4.78 is 7.03. The maximum atomic E-state index is 12.3. The highest BCUT2D eigenvalue weighted by molar-refractivity contribution is 5.91. The topological polar surface area (TPSA) is 73.2 Å². The van der Waals surface area contributed by atoms with Gasteiger partial charge in [0.05, 0.1) is 11.4 Å². The quantitative estimate of drug-likeness (QED) is 0.466. The highest BCUT2D eigenvalue weighted by Crippen LogP contribution is 2.25. The van der Waals surface area contributed by atoms with Gasteiger partial charge in [0.25, 0.3) is 5.91 Å². The molecule has 2 aromatic carbocycles. The van der Waals surface area contributed by atoms with Crippen LogP contribution in [0, 0.1) is 6.92 Å². The van der Waals surface area contributed by atoms with Crippen molar-refractivity contribution in [2.45, 2.75) is 38.8 Å². The number of rotatable bonds is 7. The van der Waals surface area contributed by atoms with Gasteiger partial charge in [0.15, 0.2) is 6.10 Å². The minimum absolute atomic E-state index is 0.227. The summed E-state index contributed by atoms with van der Waals surface area (Å²) in [5.74, 6) is -0.831. The standard InChI is InChI=1S/C25H25N3O3/c1-17-8-10-19(11-9-17)24-20(16-28(27-24)22-6-4-3-5-7-22)12-15-23(29)31-18(2)25(30)26-21-13-14-21/h3-12,15-16,18,21H,13-14H2,1-2H3,(H,26,30)/b15-12+/t18-/m1/s1. The molecule has 6 nitrogen and oxygen atoms in total. The average Bonchev–Trinajstić information content (AvgIpc) is 3.49. The molecule has 0 radical (unpaired) electrons. The van der Waals surface area contributed by atoms with E-state index in [1.54, 1.807) is 17.7 Å². The van der Waals surface area contributed by atoms with Crippen LogP contribution in [0.4, 0.5) is 0 Å². The van der Waals surface area contributed by atoms with E-state index in [-0.39, 0.29) is 11.9 Å². The predicted molar refractivity (Wildman–Crippen MR) is 119 cm³/mol. The summed E-state index contributed by atoms with van der Waals surface area (Å²) in [6, 6.07) is 18.1. The van der Waals surface area contributed by atoms with Gasteiger partial charge in [-0.25, -0.2) is 9.48 Å². The minimum atomic E-state index is -0.832. The maximum Gasteiger partial charge on any atom is 0.331 e. The first-order chi connectivity index (χ1) is 15.0. The summed E-state index contributed by atoms with van der Waals surface area (Å²) in [6.07, 6.45) is 6.03. The van der Waals surface area contributed by atoms with E-state index in [2.05, 4.69) is 5.32 Å². The van der Waals surface area contributed by atoms with Gasteiger partial charge in [-0.15, -0.1) is 0 Å². The number of nitrogens with one attached hydrogen (secondary N) is 1. The van der Waals surface area contributed by atoms with Gasteiger partial charge in [0.2, 0.25) is 0 Å². The van der Waals surface area contributed by atoms with Crippen LogP contribution in [0.25, 0.3) is 23.0 Å². The van der Waals surface area contributed by atoms with Crippen molar-refractivity contribution >= 4 is 18.0 Å². The second-order valence-electron chi connectivity index (χ2n) is 7.77. The second kappa shape index (κ2) is 9.00. The lowest BCUT2D eigenvalue weighted by Crippen LogP contribution is -2.36. The number of benzene rings is 2. The third kappa shape index (κ3) is 5.28. The highest BCUT2D eigenvalue weighted by Gasteiger charge is 2.26. The van der Waals surface area contributed by atoms with Crippen molar-refractivity contribution in [2.75, 3.05) is 0 Å². The first-order valence-corrected chi connectivity index (χ1v) is 10.4. The number of aryl methyl sites for hydroxylation is 1. The van der Waals surface area contributed by atoms with E-state index >= 15 is 0 Å². The van der Waals surface area contributed by atoms with Gasteiger partial charge in [-0.05, 0) is 44.9 Å². The number of hydrogen-bond acceptors (Lipinski definition) is 4. The predicted octanol–water partition coefficient (Wildman–Crippen LogP) is 4.07. The zero-order valence-electron chi connectivity index (χ0n) is 17.6. The summed E-state index contributed by atoms with van der Waals surface area (Å²) >= 11 is 0. The van der Waals surface area contributed by atoms with Gasteiger partial charge in [-0.1, -0.05) is 48.0 Å². The molecule has 1 amide bonds. The van der Waals surface area contributed by atoms with E-state index in [4.69, 9.17) is 9.84 Å². The molecule has 3 aromatic rings. The molecule has 1 N–H and O–H groups in total. The lowest BCUT2D eigenvalue weighted by molar-refractivity contribution is -0.150. The summed E-state index contributed by atoms with van der Waals surface area (Å²) in [6.45, 7) is 3.61. The van der Waals surface area contributed by atoms with Crippen LogP contribution in [0.3, 0.4) is 0 Å². The molecular weight excluding hydrogens is 390 g/mol. The Hall–Kier alpha value is -3.67. The first kappa shape index (κ1) is 20.6. The zero-order chi connectivity index (χ0) is 21.8. The van der Waals surface area contributed by atoms with Crippen molar-refractivity contribution in [3.05, 3.63) is 78.0 Å². The Morgan fingerprint density at radius 3 is 2.52 bits per heavy atom. The Morgan fingerprint density at radius 1 is 1.13 bits per heavy atom. The monoisotopic (exact) mass is 415 g/mol. The minimum Gasteiger partial charge on any atom is -0.449 e. The van der Waals surface area contributed by atoms with Crippen LogP contribution in [0.2, 0.25) is 0 Å². The summed E-state index contributed by atoms with van der Waals surface area (Å²) in [5, 5.41) is 7.57. The molecule has 1 aliphatic rings. The fourth-order valence-corrected chi connectivity index (χ4v) is 3.13. The average molecular weight is 415 g/mol. The molecule has 0 saturated heterocycles. The summed E-state index contributed by atoms with van der Waals surface area (Å²) in [4.78, 5) is 24.3. The highest BCUT2D eigenvalue weighted by atomic mass is 16.5. The van der Waals surface area contributed by atoms with Gasteiger partial charge >= 0.3 is 5.97 Å². The molecule has 1 aromatic heterocycles. The molecule has 1 heterocycles. The Labute approximate surface area is 181 Å². The number of carbonyl (C=O) groups excluding carboxylic acids is 2. The number of esters is 1. The molecule has 0 spiro atoms. The Kier molecular flexibility index (Phi) is 5.98. The van der Waals surface area contributed by atoms with E-state index in [1.807, 2.05) is 67.7 Å². The van der Waals surface area contributed by atoms with Crippen LogP contribution in [0.5, 0.6) is 0 Å². The van der Waals surface area contributed by atoms with Crippen molar-refractivity contribution in [1.82, 2.24) is 15.1 Å². The molecule has 31 heavy (non-hydrogen) atoms. The van der Waals surface area contributed by atoms with Crippen molar-refractivity contribution in [2.24, 2.45) is 0 Å². The van der Waals surface area contributed by atoms with Crippen molar-refractivity contribution in [3.63, 3.8) is 0 Å². The fraction of sp³-hybridized carbons (Fsp3) is 0.240. The van der Waals surface area contributed by atoms with Gasteiger partial charge in [0.1, 0.15) is 0 Å². The van der Waals surface area contributed by atoms with E-state index in [0.717, 1.165) is 40.9 Å². The Balaban J connectivity index is 1.55. The van der Waals surface area contributed by atoms with Crippen LogP contribution >= 0.6 is 0 Å². The van der Waals surface area contributed by atoms with Crippen LogP contribution in [0.1, 0.15) is 30.9 Å². The van der Waals surface area contributed by atoms with Crippen molar-refractivity contribution < 1.29 is 14.3 Å². The van der Waals surface area contributed by atoms with Crippen LogP contribution in [-0.4, -0.2) is 33.8 Å². The number of ether oxygens (including phenoxy) is 1. The van der Waals surface area contributed by atoms with Gasteiger partial charge in [0, 0.05) is 29.4 Å². The van der Waals surface area contributed by atoms with Crippen molar-refractivity contribution in [1.29, 1.82) is 0 Å². The van der Waals surface area contributed by atoms with Crippen LogP contribution in [0.15, 0.2) is 66.9 Å². The number of amides is 1. The Morgan fingerprint density at radius 2 is 1.84 bits per heavy atom. The number of aromatic nitrogens is 2. The summed E-state index contributed by atoms with van der Waals surface area (Å²) in [7, 11) is 0. The largest absolute Gasteiger partial charge is 0.449 e. The van der Waals surface area contributed by atoms with E-state index in [9.17, 15) is 9.59 Å². The molecule has 0 bridgehead atoms. The molecule has 6 heteroatoms. The first-order valence-electron chi connectivity index (χ1n) is 10.4.